The van der Waals surface area contributed by atoms with Gasteiger partial charge in [0.2, 0.25) is 0 Å². The summed E-state index contributed by atoms with van der Waals surface area (Å²) < 4.78 is 0.670. The molecular weight excluding hydrogens is 418 g/mol. The number of hydrogen-bond acceptors (Lipinski definition) is 4. The average Bonchev–Trinajstić information content (AvgIpc) is 2.81. The van der Waals surface area contributed by atoms with Crippen LogP contribution in [0.5, 0.6) is 5.75 Å². The molecule has 6 nitrogen and oxygen atoms in total. The van der Waals surface area contributed by atoms with E-state index in [4.69, 9.17) is 23.2 Å². The van der Waals surface area contributed by atoms with Crippen LogP contribution < -0.4 is 5.43 Å². The Labute approximate surface area is 137 Å². The van der Waals surface area contributed by atoms with Crippen molar-refractivity contribution in [3.05, 3.63) is 43.2 Å². The Bertz CT molecular complexity index is 687. The van der Waals surface area contributed by atoms with E-state index < -0.39 is 5.91 Å². The molecule has 20 heavy (non-hydrogen) atoms. The summed E-state index contributed by atoms with van der Waals surface area (Å²) in [7, 11) is 0. The zero-order chi connectivity index (χ0) is 14.7. The molecule has 1 amide bonds. The van der Waals surface area contributed by atoms with Gasteiger partial charge in [-0.2, -0.15) is 10.2 Å². The molecule has 2 aromatic rings. The van der Waals surface area contributed by atoms with E-state index in [2.05, 4.69) is 20.7 Å². The molecular formula is C11H7Cl2IN4O2. The summed E-state index contributed by atoms with van der Waals surface area (Å²) in [6.07, 6.45) is 2.76. The molecule has 1 aromatic carbocycles. The summed E-state index contributed by atoms with van der Waals surface area (Å²) >= 11 is 13.5. The molecule has 0 aliphatic heterocycles. The Morgan fingerprint density at radius 1 is 1.50 bits per heavy atom. The number of H-pyrrole nitrogens is 1. The first kappa shape index (κ1) is 15.1. The van der Waals surface area contributed by atoms with Gasteiger partial charge in [-0.25, -0.2) is 5.43 Å². The van der Waals surface area contributed by atoms with Gasteiger partial charge in [0.1, 0.15) is 11.4 Å². The Morgan fingerprint density at radius 2 is 2.25 bits per heavy atom. The summed E-state index contributed by atoms with van der Waals surface area (Å²) in [4.78, 5) is 11.7. The van der Waals surface area contributed by atoms with E-state index in [-0.39, 0.29) is 10.8 Å². The number of amides is 1. The number of aromatic amines is 1. The number of benzene rings is 1. The molecule has 3 N–H and O–H groups in total. The summed E-state index contributed by atoms with van der Waals surface area (Å²) in [6, 6.07) is 2.87. The topological polar surface area (TPSA) is 90.4 Å². The fourth-order valence-corrected chi connectivity index (χ4v) is 2.35. The third kappa shape index (κ3) is 3.41. The highest BCUT2D eigenvalue weighted by Crippen LogP contribution is 2.29. The minimum absolute atomic E-state index is 0.105. The van der Waals surface area contributed by atoms with Crippen molar-refractivity contribution < 1.29 is 9.90 Å². The summed E-state index contributed by atoms with van der Waals surface area (Å²) in [6.45, 7) is 0. The molecule has 9 heteroatoms. The molecule has 0 spiro atoms. The number of carbonyl (C=O) groups is 1. The number of carbonyl (C=O) groups excluding carboxylic acids is 1. The maximum atomic E-state index is 11.7. The maximum absolute atomic E-state index is 11.7. The van der Waals surface area contributed by atoms with Gasteiger partial charge in [-0.1, -0.05) is 23.2 Å². The van der Waals surface area contributed by atoms with Gasteiger partial charge in [-0.3, -0.25) is 9.89 Å². The lowest BCUT2D eigenvalue weighted by Gasteiger charge is -2.02. The average molecular weight is 425 g/mol. The summed E-state index contributed by atoms with van der Waals surface area (Å²) in [5.41, 5.74) is 2.89. The first-order chi connectivity index (χ1) is 9.49. The van der Waals surface area contributed by atoms with E-state index in [1.165, 1.54) is 24.5 Å². The Morgan fingerprint density at radius 3 is 2.90 bits per heavy atom. The fourth-order valence-electron chi connectivity index (χ4n) is 1.33. The van der Waals surface area contributed by atoms with Gasteiger partial charge in [0.15, 0.2) is 0 Å². The number of halogens is 3. The standard InChI is InChI=1S/C11H7Cl2IN4O2/c12-6-1-5(10(19)7(13)2-6)3-15-18-11(20)9-8(14)4-16-17-9/h1-4,19H,(H,16,17)(H,18,20). The molecule has 0 saturated heterocycles. The predicted octanol–water partition coefficient (Wildman–Crippen LogP) is 2.79. The first-order valence-corrected chi connectivity index (χ1v) is 7.03. The zero-order valence-corrected chi connectivity index (χ0v) is 13.4. The van der Waals surface area contributed by atoms with Gasteiger partial charge in [-0.15, -0.1) is 0 Å². The Balaban J connectivity index is 2.11. The lowest BCUT2D eigenvalue weighted by Crippen LogP contribution is -2.19. The molecule has 0 radical (unpaired) electrons. The number of nitrogens with one attached hydrogen (secondary N) is 2. The van der Waals surface area contributed by atoms with E-state index in [0.717, 1.165) is 0 Å². The van der Waals surface area contributed by atoms with E-state index in [9.17, 15) is 9.90 Å². The van der Waals surface area contributed by atoms with E-state index >= 15 is 0 Å². The van der Waals surface area contributed by atoms with Crippen LogP contribution in [0, 0.1) is 3.57 Å². The van der Waals surface area contributed by atoms with Gasteiger partial charge in [0.25, 0.3) is 5.91 Å². The number of phenolic OH excluding ortho intramolecular Hbond substituents is 1. The van der Waals surface area contributed by atoms with Crippen LogP contribution in [0.25, 0.3) is 0 Å². The number of rotatable bonds is 3. The molecule has 0 fully saturated rings. The molecule has 1 aromatic heterocycles. The number of aromatic hydroxyl groups is 1. The van der Waals surface area contributed by atoms with Crippen molar-refractivity contribution in [1.29, 1.82) is 0 Å². The molecule has 0 bridgehead atoms. The second-order valence-electron chi connectivity index (χ2n) is 3.62. The van der Waals surface area contributed by atoms with Crippen LogP contribution in [0.2, 0.25) is 10.0 Å². The van der Waals surface area contributed by atoms with Crippen molar-refractivity contribution in [3.63, 3.8) is 0 Å². The van der Waals surface area contributed by atoms with Gasteiger partial charge in [0, 0.05) is 10.6 Å². The number of aromatic nitrogens is 2. The fraction of sp³-hybridized carbons (Fsp3) is 0. The first-order valence-electron chi connectivity index (χ1n) is 5.19. The van der Waals surface area contributed by atoms with Gasteiger partial charge in [0.05, 0.1) is 21.0 Å². The van der Waals surface area contributed by atoms with Gasteiger partial charge < -0.3 is 5.11 Å². The van der Waals surface area contributed by atoms with Crippen molar-refractivity contribution in [2.24, 2.45) is 5.10 Å². The van der Waals surface area contributed by atoms with Crippen molar-refractivity contribution in [3.8, 4) is 5.75 Å². The van der Waals surface area contributed by atoms with Crippen LogP contribution in [0.3, 0.4) is 0 Å². The van der Waals surface area contributed by atoms with Crippen LogP contribution in [-0.2, 0) is 0 Å². The smallest absolute Gasteiger partial charge is 0.290 e. The second-order valence-corrected chi connectivity index (χ2v) is 5.62. The monoisotopic (exact) mass is 424 g/mol. The van der Waals surface area contributed by atoms with Crippen LogP contribution in [0.1, 0.15) is 16.1 Å². The lowest BCUT2D eigenvalue weighted by molar-refractivity contribution is 0.0949. The molecule has 104 valence electrons. The highest BCUT2D eigenvalue weighted by atomic mass is 127. The van der Waals surface area contributed by atoms with Gasteiger partial charge in [-0.05, 0) is 34.7 Å². The molecule has 2 rings (SSSR count). The van der Waals surface area contributed by atoms with E-state index in [1.807, 2.05) is 22.6 Å². The van der Waals surface area contributed by atoms with Crippen molar-refractivity contribution >= 4 is 57.9 Å². The number of phenols is 1. The largest absolute Gasteiger partial charge is 0.506 e. The van der Waals surface area contributed by atoms with Crippen molar-refractivity contribution in [2.75, 3.05) is 0 Å². The molecule has 0 aliphatic rings. The summed E-state index contributed by atoms with van der Waals surface area (Å²) in [5.74, 6) is -0.610. The Hall–Kier alpha value is -1.32. The minimum Gasteiger partial charge on any atom is -0.506 e. The highest BCUT2D eigenvalue weighted by Gasteiger charge is 2.11. The maximum Gasteiger partial charge on any atom is 0.290 e. The van der Waals surface area contributed by atoms with Crippen LogP contribution >= 0.6 is 45.8 Å². The number of hydrogen-bond donors (Lipinski definition) is 3. The minimum atomic E-state index is -0.448. The Kier molecular flexibility index (Phi) is 4.84. The number of nitrogens with zero attached hydrogens (tertiary/aromatic N) is 2. The van der Waals surface area contributed by atoms with Crippen LogP contribution in [-0.4, -0.2) is 27.4 Å². The van der Waals surface area contributed by atoms with Crippen LogP contribution in [0.15, 0.2) is 23.4 Å². The quantitative estimate of drug-likeness (QED) is 0.402. The molecule has 0 saturated carbocycles. The van der Waals surface area contributed by atoms with Gasteiger partial charge >= 0.3 is 0 Å². The van der Waals surface area contributed by atoms with Crippen LogP contribution in [0.4, 0.5) is 0 Å². The normalized spacial score (nSPS) is 10.9. The summed E-state index contributed by atoms with van der Waals surface area (Å²) in [5, 5.41) is 20.2. The third-order valence-electron chi connectivity index (χ3n) is 2.25. The molecule has 0 atom stereocenters. The predicted molar refractivity (Wildman–Crippen MR) is 84.5 cm³/mol. The molecule has 1 heterocycles. The van der Waals surface area contributed by atoms with Crippen molar-refractivity contribution in [2.45, 2.75) is 0 Å². The second kappa shape index (κ2) is 6.42. The molecule has 0 aliphatic carbocycles. The zero-order valence-electron chi connectivity index (χ0n) is 9.69. The van der Waals surface area contributed by atoms with E-state index in [0.29, 0.717) is 19.9 Å². The SMILES string of the molecule is O=C(NN=Cc1cc(Cl)cc(Cl)c1O)c1[nH]ncc1I. The third-order valence-corrected chi connectivity index (χ3v) is 3.57. The molecule has 0 unspecified atom stereocenters. The number of hydrazone groups is 1. The van der Waals surface area contributed by atoms with E-state index in [1.54, 1.807) is 0 Å². The lowest BCUT2D eigenvalue weighted by atomic mass is 10.2. The highest BCUT2D eigenvalue weighted by molar-refractivity contribution is 14.1. The van der Waals surface area contributed by atoms with Crippen molar-refractivity contribution in [1.82, 2.24) is 15.6 Å².